The summed E-state index contributed by atoms with van der Waals surface area (Å²) in [6, 6.07) is 14.2. The molecule has 13 nitrogen and oxygen atoms in total. The fraction of sp³-hybridized carbons (Fsp3) is 0.515. The van der Waals surface area contributed by atoms with Crippen molar-refractivity contribution in [2.75, 3.05) is 24.6 Å². The highest BCUT2D eigenvalue weighted by Gasteiger charge is 2.75. The fourth-order valence-corrected chi connectivity index (χ4v) is 7.24. The van der Waals surface area contributed by atoms with Gasteiger partial charge in [-0.2, -0.15) is 5.10 Å². The van der Waals surface area contributed by atoms with Gasteiger partial charge in [-0.25, -0.2) is 14.5 Å². The molecule has 6 atom stereocenters. The Balaban J connectivity index is 0.000000362. The maximum atomic E-state index is 13.2. The van der Waals surface area contributed by atoms with Crippen LogP contribution in [0, 0.1) is 19.8 Å². The number of ether oxygens (including phenoxy) is 2. The van der Waals surface area contributed by atoms with Crippen LogP contribution in [0.25, 0.3) is 5.65 Å². The molecule has 5 fully saturated rings. The molecule has 13 heteroatoms. The largest absolute Gasteiger partial charge is 0.483 e. The normalized spacial score (nSPS) is 29.3. The van der Waals surface area contributed by atoms with Gasteiger partial charge in [0.1, 0.15) is 17.5 Å². The topological polar surface area (TPSA) is 160 Å². The van der Waals surface area contributed by atoms with Gasteiger partial charge in [-0.1, -0.05) is 43.3 Å². The monoisotopic (exact) mass is 630 g/mol. The smallest absolute Gasteiger partial charge is 0.290 e. The number of H-pyrrole nitrogens is 1. The number of hydrogen-bond acceptors (Lipinski definition) is 9. The van der Waals surface area contributed by atoms with Crippen LogP contribution in [-0.2, 0) is 24.7 Å². The van der Waals surface area contributed by atoms with E-state index in [0.717, 1.165) is 42.8 Å². The quantitative estimate of drug-likeness (QED) is 0.278. The number of rotatable bonds is 5. The molecule has 1 aliphatic carbocycles. The summed E-state index contributed by atoms with van der Waals surface area (Å²) in [7, 11) is 0. The minimum atomic E-state index is -0.799. The van der Waals surface area contributed by atoms with E-state index in [1.807, 2.05) is 54.8 Å². The van der Waals surface area contributed by atoms with E-state index in [-0.39, 0.29) is 24.4 Å². The van der Waals surface area contributed by atoms with E-state index in [0.29, 0.717) is 36.4 Å². The van der Waals surface area contributed by atoms with E-state index in [4.69, 9.17) is 29.5 Å². The average molecular weight is 631 g/mol. The van der Waals surface area contributed by atoms with Crippen molar-refractivity contribution in [3.63, 3.8) is 0 Å². The molecule has 1 amide bonds. The summed E-state index contributed by atoms with van der Waals surface area (Å²) in [5.41, 5.74) is 1.63. The van der Waals surface area contributed by atoms with Crippen molar-refractivity contribution in [1.82, 2.24) is 35.1 Å². The van der Waals surface area contributed by atoms with E-state index < -0.39 is 17.2 Å². The Morgan fingerprint density at radius 3 is 2.41 bits per heavy atom. The van der Waals surface area contributed by atoms with Crippen molar-refractivity contribution in [3.05, 3.63) is 71.7 Å². The highest BCUT2D eigenvalue weighted by molar-refractivity contribution is 5.82. The summed E-state index contributed by atoms with van der Waals surface area (Å²) in [6.07, 6.45) is 5.12. The van der Waals surface area contributed by atoms with Crippen molar-refractivity contribution in [2.24, 2.45) is 5.92 Å². The number of fused-ring (bicyclic) bond motifs is 2. The molecule has 3 aromatic heterocycles. The molecular formula is C33H42N8O5. The molecule has 7 heterocycles. The third-order valence-corrected chi connectivity index (χ3v) is 9.39. The molecule has 1 aromatic carbocycles. The first-order valence-electron chi connectivity index (χ1n) is 15.9. The number of hydrogen-bond donors (Lipinski definition) is 3. The Kier molecular flexibility index (Phi) is 8.80. The zero-order valence-electron chi connectivity index (χ0n) is 26.7. The van der Waals surface area contributed by atoms with Crippen LogP contribution in [0.2, 0.25) is 0 Å². The summed E-state index contributed by atoms with van der Waals surface area (Å²) in [6.45, 7) is 10.5. The molecule has 6 unspecified atom stereocenters. The molecule has 4 saturated heterocycles. The highest BCUT2D eigenvalue weighted by Crippen LogP contribution is 2.65. The number of anilines is 1. The van der Waals surface area contributed by atoms with Gasteiger partial charge in [-0.3, -0.25) is 14.7 Å². The van der Waals surface area contributed by atoms with Crippen LogP contribution < -0.4 is 10.2 Å². The molecule has 0 spiro atoms. The van der Waals surface area contributed by atoms with Crippen LogP contribution in [0.15, 0.2) is 48.7 Å². The van der Waals surface area contributed by atoms with Crippen molar-refractivity contribution < 1.29 is 24.2 Å². The fourth-order valence-electron chi connectivity index (χ4n) is 7.24. The number of aromatic amines is 1. The van der Waals surface area contributed by atoms with Gasteiger partial charge in [0.2, 0.25) is 5.91 Å². The number of aromatic nitrogens is 6. The number of benzene rings is 1. The van der Waals surface area contributed by atoms with Crippen molar-refractivity contribution in [2.45, 2.75) is 82.6 Å². The number of carbonyl (C=O) groups excluding carboxylic acids is 1. The summed E-state index contributed by atoms with van der Waals surface area (Å²) in [5, 5.41) is 22.6. The number of aryl methyl sites for hydroxylation is 2. The van der Waals surface area contributed by atoms with Gasteiger partial charge in [-0.15, -0.1) is 5.10 Å². The standard InChI is InChI=1S/C26H34N8O3.C6H6.CH2O2/c1-14-7-8-33(10-14)18-9-15(2)22-28-24(32-34(22)11-18)26-12-25(13-36-26,20(26)21-27-17(4)30-31-21)29-23(35)19-6-5-16(3)37-19;1-2-4-6-5-3-1;2-1-3/h9,11,14,16,19-20H,5-8,10,12-13H2,1-4H3,(H,29,35)(H,27,30,31);1-6H;1H,(H,2,3). The first-order chi connectivity index (χ1) is 22.2. The van der Waals surface area contributed by atoms with Crippen molar-refractivity contribution >= 4 is 23.7 Å². The number of amides is 1. The van der Waals surface area contributed by atoms with E-state index >= 15 is 0 Å². The molecule has 244 valence electrons. The molecule has 4 aromatic rings. The molecule has 2 bridgehead atoms. The van der Waals surface area contributed by atoms with Gasteiger partial charge in [0, 0.05) is 19.5 Å². The van der Waals surface area contributed by atoms with Gasteiger partial charge in [0.15, 0.2) is 17.3 Å². The van der Waals surface area contributed by atoms with Gasteiger partial charge >= 0.3 is 0 Å². The van der Waals surface area contributed by atoms with Crippen molar-refractivity contribution in [1.29, 1.82) is 0 Å². The van der Waals surface area contributed by atoms with E-state index in [2.05, 4.69) is 51.5 Å². The number of nitrogens with zero attached hydrogens (tertiary/aromatic N) is 6. The van der Waals surface area contributed by atoms with E-state index in [1.54, 1.807) is 0 Å². The first-order valence-corrected chi connectivity index (χ1v) is 15.9. The SMILES string of the molecule is Cc1nc(C2C3(NC(=O)C4CCC(C)O4)COC2(c2nc4c(C)cc(N5CCC(C)C5)cn4n2)C3)n[nH]1.O=CO.c1ccccc1. The first kappa shape index (κ1) is 31.6. The predicted octanol–water partition coefficient (Wildman–Crippen LogP) is 3.53. The predicted molar refractivity (Wildman–Crippen MR) is 169 cm³/mol. The molecule has 0 radical (unpaired) electrons. The molecule has 3 N–H and O–H groups in total. The maximum Gasteiger partial charge on any atom is 0.290 e. The Labute approximate surface area is 267 Å². The van der Waals surface area contributed by atoms with E-state index in [1.165, 1.54) is 6.42 Å². The molecule has 4 aliphatic heterocycles. The zero-order chi connectivity index (χ0) is 32.5. The average Bonchev–Trinajstić information content (AvgIpc) is 3.88. The second kappa shape index (κ2) is 12.8. The minimum Gasteiger partial charge on any atom is -0.483 e. The highest BCUT2D eigenvalue weighted by atomic mass is 16.5. The summed E-state index contributed by atoms with van der Waals surface area (Å²) in [4.78, 5) is 33.6. The van der Waals surface area contributed by atoms with Crippen LogP contribution in [-0.4, -0.2) is 84.7 Å². The third-order valence-electron chi connectivity index (χ3n) is 9.39. The van der Waals surface area contributed by atoms with Gasteiger partial charge in [0.25, 0.3) is 6.47 Å². The second-order valence-electron chi connectivity index (χ2n) is 12.9. The lowest BCUT2D eigenvalue weighted by molar-refractivity contribution is -0.136. The zero-order valence-corrected chi connectivity index (χ0v) is 26.7. The second-order valence-corrected chi connectivity index (χ2v) is 12.9. The molecule has 5 aliphatic rings. The van der Waals surface area contributed by atoms with Crippen LogP contribution in [0.3, 0.4) is 0 Å². The Bertz CT molecular complexity index is 1650. The summed E-state index contributed by atoms with van der Waals surface area (Å²) in [5.74, 6) is 2.24. The Hall–Kier alpha value is -4.36. The van der Waals surface area contributed by atoms with Crippen LogP contribution in [0.4, 0.5) is 5.69 Å². The molecule has 9 rings (SSSR count). The lowest BCUT2D eigenvalue weighted by atomic mass is 9.58. The number of carboxylic acid groups (broad SMARTS) is 1. The van der Waals surface area contributed by atoms with Crippen LogP contribution >= 0.6 is 0 Å². The lowest BCUT2D eigenvalue weighted by Gasteiger charge is -2.50. The van der Waals surface area contributed by atoms with Gasteiger partial charge in [0.05, 0.1) is 36.1 Å². The van der Waals surface area contributed by atoms with E-state index in [9.17, 15) is 4.79 Å². The number of carbonyl (C=O) groups is 2. The number of pyridine rings is 1. The third kappa shape index (κ3) is 5.84. The molecule has 46 heavy (non-hydrogen) atoms. The van der Waals surface area contributed by atoms with Gasteiger partial charge in [-0.05, 0) is 57.6 Å². The molecule has 1 saturated carbocycles. The minimum absolute atomic E-state index is 0.0935. The lowest BCUT2D eigenvalue weighted by Crippen LogP contribution is -2.66. The van der Waals surface area contributed by atoms with Crippen LogP contribution in [0.1, 0.15) is 68.5 Å². The summed E-state index contributed by atoms with van der Waals surface area (Å²) >= 11 is 0. The van der Waals surface area contributed by atoms with Gasteiger partial charge < -0.3 is 24.8 Å². The Morgan fingerprint density at radius 2 is 1.83 bits per heavy atom. The number of nitrogens with one attached hydrogen (secondary N) is 2. The van der Waals surface area contributed by atoms with Crippen LogP contribution in [0.5, 0.6) is 0 Å². The molecular weight excluding hydrogens is 588 g/mol. The van der Waals surface area contributed by atoms with Crippen molar-refractivity contribution in [3.8, 4) is 0 Å². The maximum absolute atomic E-state index is 13.2. The summed E-state index contributed by atoms with van der Waals surface area (Å²) < 4.78 is 14.2. The Morgan fingerprint density at radius 1 is 1.11 bits per heavy atom.